The van der Waals surface area contributed by atoms with Gasteiger partial charge in [0.15, 0.2) is 0 Å². The quantitative estimate of drug-likeness (QED) is 0.749. The molecule has 0 aromatic carbocycles. The van der Waals surface area contributed by atoms with Crippen LogP contribution in [0.1, 0.15) is 39.0 Å². The minimum atomic E-state index is 0.168. The first-order valence-corrected chi connectivity index (χ1v) is 6.40. The van der Waals surface area contributed by atoms with E-state index in [-0.39, 0.29) is 18.1 Å². The van der Waals surface area contributed by atoms with Crippen LogP contribution in [-0.4, -0.2) is 37.2 Å². The Morgan fingerprint density at radius 1 is 1.44 bits per heavy atom. The zero-order chi connectivity index (χ0) is 11.4. The Hall–Kier alpha value is -0.610. The molecule has 0 aromatic heterocycles. The lowest BCUT2D eigenvalue weighted by molar-refractivity contribution is -0.122. The number of hydrogen-bond acceptors (Lipinski definition) is 3. The van der Waals surface area contributed by atoms with E-state index in [4.69, 9.17) is 4.74 Å². The SMILES string of the molecule is CC1OCCC1NC(=O)CC1CCCCN1. The Morgan fingerprint density at radius 2 is 2.31 bits per heavy atom. The van der Waals surface area contributed by atoms with E-state index in [1.54, 1.807) is 0 Å². The second-order valence-electron chi connectivity index (χ2n) is 4.89. The summed E-state index contributed by atoms with van der Waals surface area (Å²) in [6, 6.07) is 0.600. The average molecular weight is 226 g/mol. The van der Waals surface area contributed by atoms with Crippen LogP contribution in [0.25, 0.3) is 0 Å². The molecule has 2 N–H and O–H groups in total. The maximum absolute atomic E-state index is 11.8. The average Bonchev–Trinajstić information content (AvgIpc) is 2.66. The maximum atomic E-state index is 11.8. The van der Waals surface area contributed by atoms with E-state index in [2.05, 4.69) is 10.6 Å². The fraction of sp³-hybridized carbons (Fsp3) is 0.917. The predicted octanol–water partition coefficient (Wildman–Crippen LogP) is 0.812. The second kappa shape index (κ2) is 5.64. The van der Waals surface area contributed by atoms with Crippen LogP contribution in [0.4, 0.5) is 0 Å². The molecule has 2 fully saturated rings. The first kappa shape index (κ1) is 11.9. The van der Waals surface area contributed by atoms with Gasteiger partial charge in [0.1, 0.15) is 0 Å². The number of rotatable bonds is 3. The summed E-state index contributed by atoms with van der Waals surface area (Å²) in [5.74, 6) is 0.168. The molecule has 2 aliphatic rings. The van der Waals surface area contributed by atoms with Gasteiger partial charge in [-0.05, 0) is 32.7 Å². The lowest BCUT2D eigenvalue weighted by Crippen LogP contribution is -2.43. The van der Waals surface area contributed by atoms with Crippen LogP contribution in [0.2, 0.25) is 0 Å². The third-order valence-corrected chi connectivity index (χ3v) is 3.57. The zero-order valence-corrected chi connectivity index (χ0v) is 10.00. The molecule has 2 saturated heterocycles. The molecule has 2 aliphatic heterocycles. The highest BCUT2D eigenvalue weighted by Gasteiger charge is 2.26. The van der Waals surface area contributed by atoms with Crippen LogP contribution in [0.15, 0.2) is 0 Å². The Labute approximate surface area is 97.1 Å². The van der Waals surface area contributed by atoms with E-state index in [1.165, 1.54) is 12.8 Å². The molecule has 0 radical (unpaired) electrons. The summed E-state index contributed by atoms with van der Waals surface area (Å²) in [7, 11) is 0. The van der Waals surface area contributed by atoms with Gasteiger partial charge in [-0.1, -0.05) is 6.42 Å². The first-order chi connectivity index (χ1) is 7.75. The Balaban J connectivity index is 1.70. The Bertz CT molecular complexity index is 239. The van der Waals surface area contributed by atoms with Crippen molar-refractivity contribution in [2.45, 2.75) is 57.2 Å². The standard InChI is InChI=1S/C12H22N2O2/c1-9-11(5-7-16-9)14-12(15)8-10-4-2-3-6-13-10/h9-11,13H,2-8H2,1H3,(H,14,15). The van der Waals surface area contributed by atoms with E-state index in [9.17, 15) is 4.79 Å². The van der Waals surface area contributed by atoms with Crippen molar-refractivity contribution in [2.24, 2.45) is 0 Å². The van der Waals surface area contributed by atoms with Crippen molar-refractivity contribution in [1.29, 1.82) is 0 Å². The number of carbonyl (C=O) groups excluding carboxylic acids is 1. The largest absolute Gasteiger partial charge is 0.376 e. The van der Waals surface area contributed by atoms with Crippen LogP contribution >= 0.6 is 0 Å². The minimum Gasteiger partial charge on any atom is -0.376 e. The van der Waals surface area contributed by atoms with Crippen LogP contribution in [0.5, 0.6) is 0 Å². The molecule has 3 unspecified atom stereocenters. The van der Waals surface area contributed by atoms with E-state index < -0.39 is 0 Å². The molecule has 0 aromatic rings. The lowest BCUT2D eigenvalue weighted by atomic mass is 10.0. The molecule has 1 amide bonds. The van der Waals surface area contributed by atoms with E-state index in [1.807, 2.05) is 6.92 Å². The van der Waals surface area contributed by atoms with Crippen molar-refractivity contribution >= 4 is 5.91 Å². The number of ether oxygens (including phenoxy) is 1. The summed E-state index contributed by atoms with van der Waals surface area (Å²) in [5.41, 5.74) is 0. The van der Waals surface area contributed by atoms with Gasteiger partial charge >= 0.3 is 0 Å². The monoisotopic (exact) mass is 226 g/mol. The number of piperidine rings is 1. The van der Waals surface area contributed by atoms with Gasteiger partial charge in [0, 0.05) is 19.1 Å². The normalized spacial score (nSPS) is 34.9. The van der Waals surface area contributed by atoms with Gasteiger partial charge in [-0.2, -0.15) is 0 Å². The Morgan fingerprint density at radius 3 is 2.94 bits per heavy atom. The zero-order valence-electron chi connectivity index (χ0n) is 10.00. The van der Waals surface area contributed by atoms with Crippen LogP contribution in [-0.2, 0) is 9.53 Å². The number of hydrogen-bond donors (Lipinski definition) is 2. The molecule has 0 aliphatic carbocycles. The van der Waals surface area contributed by atoms with Crippen molar-refractivity contribution in [3.05, 3.63) is 0 Å². The van der Waals surface area contributed by atoms with E-state index >= 15 is 0 Å². The fourth-order valence-corrected chi connectivity index (χ4v) is 2.51. The molecule has 16 heavy (non-hydrogen) atoms. The smallest absolute Gasteiger partial charge is 0.221 e. The summed E-state index contributed by atoms with van der Waals surface area (Å²) in [4.78, 5) is 11.8. The summed E-state index contributed by atoms with van der Waals surface area (Å²) < 4.78 is 5.43. The third kappa shape index (κ3) is 3.19. The van der Waals surface area contributed by atoms with Gasteiger partial charge in [0.2, 0.25) is 5.91 Å². The molecule has 0 spiro atoms. The molecule has 92 valence electrons. The Kier molecular flexibility index (Phi) is 4.18. The molecule has 4 nitrogen and oxygen atoms in total. The van der Waals surface area contributed by atoms with Gasteiger partial charge in [0.25, 0.3) is 0 Å². The molecular formula is C12H22N2O2. The van der Waals surface area contributed by atoms with Crippen molar-refractivity contribution < 1.29 is 9.53 Å². The van der Waals surface area contributed by atoms with Gasteiger partial charge in [-0.3, -0.25) is 4.79 Å². The van der Waals surface area contributed by atoms with E-state index in [0.717, 1.165) is 26.0 Å². The minimum absolute atomic E-state index is 0.168. The van der Waals surface area contributed by atoms with Gasteiger partial charge in [-0.25, -0.2) is 0 Å². The first-order valence-electron chi connectivity index (χ1n) is 6.40. The summed E-state index contributed by atoms with van der Waals surface area (Å²) in [6.07, 6.45) is 5.35. The van der Waals surface area contributed by atoms with Crippen LogP contribution in [0, 0.1) is 0 Å². The van der Waals surface area contributed by atoms with E-state index in [0.29, 0.717) is 12.5 Å². The summed E-state index contributed by atoms with van der Waals surface area (Å²) in [6.45, 7) is 3.85. The molecule has 4 heteroatoms. The van der Waals surface area contributed by atoms with Gasteiger partial charge in [-0.15, -0.1) is 0 Å². The van der Waals surface area contributed by atoms with Crippen LogP contribution < -0.4 is 10.6 Å². The van der Waals surface area contributed by atoms with Crippen molar-refractivity contribution in [2.75, 3.05) is 13.2 Å². The van der Waals surface area contributed by atoms with Crippen molar-refractivity contribution in [3.8, 4) is 0 Å². The molecule has 2 heterocycles. The number of nitrogens with one attached hydrogen (secondary N) is 2. The predicted molar refractivity (Wildman–Crippen MR) is 62.2 cm³/mol. The highest BCUT2D eigenvalue weighted by molar-refractivity contribution is 5.77. The molecular weight excluding hydrogens is 204 g/mol. The second-order valence-corrected chi connectivity index (χ2v) is 4.89. The van der Waals surface area contributed by atoms with Crippen LogP contribution in [0.3, 0.4) is 0 Å². The van der Waals surface area contributed by atoms with Crippen molar-refractivity contribution in [1.82, 2.24) is 10.6 Å². The molecule has 2 rings (SSSR count). The number of carbonyl (C=O) groups is 1. The van der Waals surface area contributed by atoms with Gasteiger partial charge in [0.05, 0.1) is 12.1 Å². The highest BCUT2D eigenvalue weighted by atomic mass is 16.5. The molecule has 3 atom stereocenters. The summed E-state index contributed by atoms with van der Waals surface area (Å²) in [5, 5.41) is 6.47. The molecule has 0 bridgehead atoms. The highest BCUT2D eigenvalue weighted by Crippen LogP contribution is 2.14. The van der Waals surface area contributed by atoms with Crippen molar-refractivity contribution in [3.63, 3.8) is 0 Å². The fourth-order valence-electron chi connectivity index (χ4n) is 2.51. The summed E-state index contributed by atoms with van der Waals surface area (Å²) >= 11 is 0. The lowest BCUT2D eigenvalue weighted by Gasteiger charge is -2.24. The maximum Gasteiger partial charge on any atom is 0.221 e. The third-order valence-electron chi connectivity index (χ3n) is 3.57. The van der Waals surface area contributed by atoms with Gasteiger partial charge < -0.3 is 15.4 Å². The molecule has 0 saturated carbocycles. The number of amides is 1. The topological polar surface area (TPSA) is 50.4 Å².